The van der Waals surface area contributed by atoms with Crippen LogP contribution in [0.25, 0.3) is 0 Å². The molecule has 1 amide bonds. The second kappa shape index (κ2) is 8.89. The summed E-state index contributed by atoms with van der Waals surface area (Å²) < 4.78 is 12.5. The first-order valence-electron chi connectivity index (χ1n) is 5.73. The van der Waals surface area contributed by atoms with E-state index < -0.39 is 0 Å². The largest absolute Gasteiger partial charge is 0.356 e. The van der Waals surface area contributed by atoms with Crippen molar-refractivity contribution in [2.24, 2.45) is 0 Å². The van der Waals surface area contributed by atoms with E-state index in [0.717, 1.165) is 12.0 Å². The Hall–Kier alpha value is -1.38. The fourth-order valence-corrected chi connectivity index (χ4v) is 1.12. The number of carbonyl (C=O) groups is 1. The van der Waals surface area contributed by atoms with Crippen LogP contribution in [0.3, 0.4) is 0 Å². The maximum Gasteiger partial charge on any atom is 0.219 e. The molecule has 3 heteroatoms. The predicted octanol–water partition coefficient (Wildman–Crippen LogP) is 2.92. The maximum atomic E-state index is 12.5. The Balaban J connectivity index is 0.00000106. The highest BCUT2D eigenvalue weighted by molar-refractivity contribution is 5.75. The number of nitrogens with one attached hydrogen (secondary N) is 1. The zero-order chi connectivity index (χ0) is 12.4. The molecule has 0 aromatic heterocycles. The van der Waals surface area contributed by atoms with Crippen LogP contribution >= 0.6 is 0 Å². The molecule has 0 unspecified atom stereocenters. The molecule has 90 valence electrons. The van der Waals surface area contributed by atoms with Gasteiger partial charge >= 0.3 is 0 Å². The van der Waals surface area contributed by atoms with Crippen molar-refractivity contribution in [3.8, 4) is 0 Å². The smallest absolute Gasteiger partial charge is 0.219 e. The van der Waals surface area contributed by atoms with Gasteiger partial charge in [0.25, 0.3) is 0 Å². The predicted molar refractivity (Wildman–Crippen MR) is 64.8 cm³/mol. The lowest BCUT2D eigenvalue weighted by atomic mass is 10.1. The number of amides is 1. The van der Waals surface area contributed by atoms with Gasteiger partial charge in [0.15, 0.2) is 0 Å². The number of hydrogen-bond acceptors (Lipinski definition) is 1. The number of benzene rings is 1. The van der Waals surface area contributed by atoms with E-state index in [4.69, 9.17) is 0 Å². The van der Waals surface area contributed by atoms with Crippen LogP contribution in [-0.2, 0) is 11.2 Å². The first-order chi connectivity index (χ1) is 7.72. The van der Waals surface area contributed by atoms with E-state index in [2.05, 4.69) is 5.32 Å². The number of carbonyl (C=O) groups excluding carboxylic acids is 1. The number of hydrogen-bond donors (Lipinski definition) is 1. The average molecular weight is 225 g/mol. The molecule has 0 radical (unpaired) electrons. The molecule has 1 N–H and O–H groups in total. The molecular formula is C13H20FNO. The van der Waals surface area contributed by atoms with Crippen molar-refractivity contribution in [1.82, 2.24) is 5.32 Å². The lowest BCUT2D eigenvalue weighted by Gasteiger charge is -2.03. The van der Waals surface area contributed by atoms with Gasteiger partial charge in [0, 0.05) is 13.0 Å². The molecule has 0 spiro atoms. The van der Waals surface area contributed by atoms with Crippen LogP contribution in [0.2, 0.25) is 0 Å². The van der Waals surface area contributed by atoms with Crippen LogP contribution in [0.1, 0.15) is 32.8 Å². The Kier molecular flexibility index (Phi) is 8.12. The maximum absolute atomic E-state index is 12.5. The first-order valence-corrected chi connectivity index (χ1v) is 5.73. The topological polar surface area (TPSA) is 29.1 Å². The van der Waals surface area contributed by atoms with Crippen molar-refractivity contribution < 1.29 is 9.18 Å². The van der Waals surface area contributed by atoms with Crippen LogP contribution in [0.4, 0.5) is 4.39 Å². The van der Waals surface area contributed by atoms with Crippen molar-refractivity contribution >= 4 is 5.91 Å². The lowest BCUT2D eigenvalue weighted by Crippen LogP contribution is -2.24. The molecular weight excluding hydrogens is 205 g/mol. The molecule has 0 saturated heterocycles. The van der Waals surface area contributed by atoms with E-state index in [0.29, 0.717) is 13.0 Å². The molecule has 1 rings (SSSR count). The van der Waals surface area contributed by atoms with E-state index in [1.807, 2.05) is 20.8 Å². The van der Waals surface area contributed by atoms with Crippen LogP contribution in [-0.4, -0.2) is 12.5 Å². The van der Waals surface area contributed by atoms with Gasteiger partial charge in [-0.15, -0.1) is 0 Å². The van der Waals surface area contributed by atoms with Gasteiger partial charge in [-0.05, 0) is 24.1 Å². The van der Waals surface area contributed by atoms with Gasteiger partial charge in [-0.2, -0.15) is 0 Å². The molecule has 0 aliphatic heterocycles. The zero-order valence-corrected chi connectivity index (χ0v) is 10.2. The molecule has 0 fully saturated rings. The zero-order valence-electron chi connectivity index (χ0n) is 10.2. The van der Waals surface area contributed by atoms with Gasteiger partial charge in [0.1, 0.15) is 5.82 Å². The molecule has 0 aliphatic carbocycles. The van der Waals surface area contributed by atoms with Crippen LogP contribution in [0.15, 0.2) is 24.3 Å². The molecule has 0 heterocycles. The summed E-state index contributed by atoms with van der Waals surface area (Å²) in [5, 5.41) is 2.76. The highest BCUT2D eigenvalue weighted by Crippen LogP contribution is 2.02. The minimum atomic E-state index is -0.230. The summed E-state index contributed by atoms with van der Waals surface area (Å²) >= 11 is 0. The van der Waals surface area contributed by atoms with Crippen molar-refractivity contribution in [2.45, 2.75) is 33.6 Å². The van der Waals surface area contributed by atoms with Crippen molar-refractivity contribution in [3.63, 3.8) is 0 Å². The summed E-state index contributed by atoms with van der Waals surface area (Å²) in [7, 11) is 0. The molecule has 0 saturated carbocycles. The second-order valence-electron chi connectivity index (χ2n) is 3.08. The summed E-state index contributed by atoms with van der Waals surface area (Å²) in [6, 6.07) is 6.31. The van der Waals surface area contributed by atoms with Gasteiger partial charge in [-0.1, -0.05) is 32.9 Å². The third-order valence-corrected chi connectivity index (χ3v) is 1.97. The van der Waals surface area contributed by atoms with E-state index in [1.54, 1.807) is 12.1 Å². The average Bonchev–Trinajstić information content (AvgIpc) is 2.34. The molecule has 1 aromatic rings. The van der Waals surface area contributed by atoms with Gasteiger partial charge in [0.2, 0.25) is 5.91 Å². The molecule has 2 nitrogen and oxygen atoms in total. The Bertz CT molecular complexity index is 295. The molecule has 0 aliphatic rings. The summed E-state index contributed by atoms with van der Waals surface area (Å²) in [5.74, 6) is -0.182. The van der Waals surface area contributed by atoms with E-state index in [-0.39, 0.29) is 11.7 Å². The number of halogens is 1. The van der Waals surface area contributed by atoms with Gasteiger partial charge in [-0.3, -0.25) is 4.79 Å². The Morgan fingerprint density at radius 1 is 1.25 bits per heavy atom. The number of rotatable bonds is 4. The fraction of sp³-hybridized carbons (Fsp3) is 0.462. The lowest BCUT2D eigenvalue weighted by molar-refractivity contribution is -0.120. The minimum absolute atomic E-state index is 0.0483. The highest BCUT2D eigenvalue weighted by Gasteiger charge is 1.97. The minimum Gasteiger partial charge on any atom is -0.356 e. The van der Waals surface area contributed by atoms with E-state index in [1.165, 1.54) is 12.1 Å². The SMILES string of the molecule is CC.CCC(=O)NCCc1ccc(F)cc1. The molecule has 1 aromatic carbocycles. The van der Waals surface area contributed by atoms with Crippen LogP contribution in [0, 0.1) is 5.82 Å². The third-order valence-electron chi connectivity index (χ3n) is 1.97. The fourth-order valence-electron chi connectivity index (χ4n) is 1.12. The standard InChI is InChI=1S/C11H14FNO.C2H6/c1-2-11(14)13-8-7-9-3-5-10(12)6-4-9;1-2/h3-6H,2,7-8H2,1H3,(H,13,14);1-2H3. The molecule has 16 heavy (non-hydrogen) atoms. The van der Waals surface area contributed by atoms with Gasteiger partial charge in [-0.25, -0.2) is 4.39 Å². The van der Waals surface area contributed by atoms with E-state index in [9.17, 15) is 9.18 Å². The normalized spacial score (nSPS) is 9.00. The summed E-state index contributed by atoms with van der Waals surface area (Å²) in [6.07, 6.45) is 1.25. The Labute approximate surface area is 96.9 Å². The Morgan fingerprint density at radius 3 is 2.31 bits per heavy atom. The van der Waals surface area contributed by atoms with Crippen LogP contribution < -0.4 is 5.32 Å². The van der Waals surface area contributed by atoms with Crippen molar-refractivity contribution in [3.05, 3.63) is 35.6 Å². The molecule has 0 bridgehead atoms. The van der Waals surface area contributed by atoms with Gasteiger partial charge < -0.3 is 5.32 Å². The molecule has 0 atom stereocenters. The monoisotopic (exact) mass is 225 g/mol. The first kappa shape index (κ1) is 14.6. The van der Waals surface area contributed by atoms with Crippen molar-refractivity contribution in [2.75, 3.05) is 6.54 Å². The second-order valence-corrected chi connectivity index (χ2v) is 3.08. The van der Waals surface area contributed by atoms with Crippen molar-refractivity contribution in [1.29, 1.82) is 0 Å². The quantitative estimate of drug-likeness (QED) is 0.838. The summed E-state index contributed by atoms with van der Waals surface area (Å²) in [4.78, 5) is 10.9. The Morgan fingerprint density at radius 2 is 1.81 bits per heavy atom. The summed E-state index contributed by atoms with van der Waals surface area (Å²) in [5.41, 5.74) is 1.03. The summed E-state index contributed by atoms with van der Waals surface area (Å²) in [6.45, 7) is 6.42. The third kappa shape index (κ3) is 6.17. The van der Waals surface area contributed by atoms with Crippen LogP contribution in [0.5, 0.6) is 0 Å². The van der Waals surface area contributed by atoms with E-state index >= 15 is 0 Å². The highest BCUT2D eigenvalue weighted by atomic mass is 19.1. The van der Waals surface area contributed by atoms with Gasteiger partial charge in [0.05, 0.1) is 0 Å².